The van der Waals surface area contributed by atoms with Gasteiger partial charge in [0.2, 0.25) is 5.88 Å². The van der Waals surface area contributed by atoms with E-state index in [4.69, 9.17) is 40.3 Å². The minimum atomic E-state index is -1.20. The Labute approximate surface area is 367 Å². The Morgan fingerprint density at radius 2 is 1.82 bits per heavy atom. The molecule has 2 aromatic carbocycles. The number of rotatable bonds is 10. The van der Waals surface area contributed by atoms with Crippen molar-refractivity contribution < 1.29 is 28.5 Å². The first-order valence-electron chi connectivity index (χ1n) is 22.3. The average Bonchev–Trinajstić information content (AvgIpc) is 3.48. The number of halogens is 1. The zero-order valence-electron chi connectivity index (χ0n) is 37.0. The number of nitrogens with zero attached hydrogens (tertiary/aromatic N) is 5. The molecule has 5 heterocycles. The number of carbonyl (C=O) groups is 1. The number of aromatic nitrogens is 2. The van der Waals surface area contributed by atoms with Gasteiger partial charge in [0.1, 0.15) is 18.1 Å². The molecule has 0 unspecified atom stereocenters. The summed E-state index contributed by atoms with van der Waals surface area (Å²) in [5, 5.41) is 1.74. The molecule has 4 aromatic rings. The van der Waals surface area contributed by atoms with Gasteiger partial charge in [-0.3, -0.25) is 4.90 Å². The Hall–Kier alpha value is -3.91. The standard InChI is InChI=1S/C48H64ClN5O6Si/c1-7-58-47(55)39-15-14-37(27-42(39)54-17-8-22-60-46-43(54)26-35-16-18-53(45(35)50-46)33-57-24-25-61(4,5)6)51-19-20-52-31-41-40(34-10-12-36(49)13-11-34)28-48(2,3)29-44(41)59-23-9-21-56-32-38(52)30-51/h10-16,18,26-27,38,44H,7-9,17,19-25,28-33H2,1-6H3/t38-,44+/m0/s1. The number of fused-ring (bicyclic) bond motifs is 4. The van der Waals surface area contributed by atoms with Crippen LogP contribution < -0.4 is 14.5 Å². The van der Waals surface area contributed by atoms with E-state index in [-0.39, 0.29) is 23.5 Å². The normalized spacial score (nSPS) is 21.5. The van der Waals surface area contributed by atoms with Crippen molar-refractivity contribution in [3.05, 3.63) is 82.5 Å². The van der Waals surface area contributed by atoms with Crippen molar-refractivity contribution in [2.45, 2.75) is 91.0 Å². The number of pyridine rings is 1. The number of esters is 1. The van der Waals surface area contributed by atoms with Crippen LogP contribution in [0.25, 0.3) is 16.6 Å². The minimum Gasteiger partial charge on any atom is -0.476 e. The molecule has 2 saturated heterocycles. The van der Waals surface area contributed by atoms with E-state index in [1.807, 2.05) is 35.9 Å². The van der Waals surface area contributed by atoms with Gasteiger partial charge in [-0.1, -0.05) is 57.2 Å². The van der Waals surface area contributed by atoms with Crippen molar-refractivity contribution in [1.82, 2.24) is 14.5 Å². The number of carbonyl (C=O) groups excluding carboxylic acids is 1. The van der Waals surface area contributed by atoms with Crippen molar-refractivity contribution in [3.8, 4) is 5.88 Å². The van der Waals surface area contributed by atoms with Gasteiger partial charge < -0.3 is 38.1 Å². The van der Waals surface area contributed by atoms with E-state index in [2.05, 4.69) is 84.6 Å². The largest absolute Gasteiger partial charge is 0.476 e. The topological polar surface area (TPSA) is 90.8 Å². The molecule has 2 fully saturated rings. The van der Waals surface area contributed by atoms with Crippen LogP contribution in [0.15, 0.2) is 66.4 Å². The molecule has 4 aliphatic rings. The lowest BCUT2D eigenvalue weighted by Gasteiger charge is -2.45. The maximum Gasteiger partial charge on any atom is 0.340 e. The van der Waals surface area contributed by atoms with Crippen LogP contribution in [0, 0.1) is 5.41 Å². The van der Waals surface area contributed by atoms with Gasteiger partial charge in [0.15, 0.2) is 0 Å². The number of piperazine rings is 1. The molecular weight excluding hydrogens is 806 g/mol. The maximum absolute atomic E-state index is 13.7. The summed E-state index contributed by atoms with van der Waals surface area (Å²) in [5.41, 5.74) is 8.14. The third-order valence-electron chi connectivity index (χ3n) is 12.5. The lowest BCUT2D eigenvalue weighted by molar-refractivity contribution is 0.0264. The lowest BCUT2D eigenvalue weighted by atomic mass is 9.71. The number of anilines is 3. The second-order valence-electron chi connectivity index (χ2n) is 19.0. The summed E-state index contributed by atoms with van der Waals surface area (Å²) >= 11 is 6.37. The van der Waals surface area contributed by atoms with Gasteiger partial charge in [-0.25, -0.2) is 4.79 Å². The fourth-order valence-corrected chi connectivity index (χ4v) is 10.1. The molecular formula is C48H64ClN5O6Si. The van der Waals surface area contributed by atoms with Crippen LogP contribution in [0.2, 0.25) is 30.7 Å². The van der Waals surface area contributed by atoms with Gasteiger partial charge in [0.25, 0.3) is 0 Å². The molecule has 2 aromatic heterocycles. The summed E-state index contributed by atoms with van der Waals surface area (Å²) in [6.45, 7) is 21.6. The number of ether oxygens (including phenoxy) is 5. The zero-order chi connectivity index (χ0) is 42.7. The second-order valence-corrected chi connectivity index (χ2v) is 25.1. The highest BCUT2D eigenvalue weighted by Crippen LogP contribution is 2.46. The summed E-state index contributed by atoms with van der Waals surface area (Å²) in [5.74, 6) is 0.210. The highest BCUT2D eigenvalue weighted by molar-refractivity contribution is 6.76. The Balaban J connectivity index is 1.09. The summed E-state index contributed by atoms with van der Waals surface area (Å²) in [4.78, 5) is 26.0. The van der Waals surface area contributed by atoms with Crippen LogP contribution in [0.4, 0.5) is 17.1 Å². The van der Waals surface area contributed by atoms with Crippen LogP contribution in [0.3, 0.4) is 0 Å². The highest BCUT2D eigenvalue weighted by atomic mass is 35.5. The Morgan fingerprint density at radius 1 is 0.984 bits per heavy atom. The maximum atomic E-state index is 13.7. The molecule has 8 rings (SSSR count). The van der Waals surface area contributed by atoms with Gasteiger partial charge in [-0.15, -0.1) is 0 Å². The summed E-state index contributed by atoms with van der Waals surface area (Å²) in [6.07, 6.45) is 5.68. The minimum absolute atomic E-state index is 0.0482. The highest BCUT2D eigenvalue weighted by Gasteiger charge is 2.38. The molecule has 1 aliphatic carbocycles. The fraction of sp³-hybridized carbons (Fsp3) is 0.542. The Kier molecular flexibility index (Phi) is 13.5. The number of benzene rings is 2. The van der Waals surface area contributed by atoms with Gasteiger partial charge in [-0.05, 0) is 103 Å². The first-order chi connectivity index (χ1) is 29.4. The molecule has 61 heavy (non-hydrogen) atoms. The molecule has 11 nitrogen and oxygen atoms in total. The molecule has 3 aliphatic heterocycles. The average molecular weight is 871 g/mol. The van der Waals surface area contributed by atoms with Crippen molar-refractivity contribution in [1.29, 1.82) is 0 Å². The predicted molar refractivity (Wildman–Crippen MR) is 247 cm³/mol. The van der Waals surface area contributed by atoms with Crippen LogP contribution in [-0.2, 0) is 25.7 Å². The zero-order valence-corrected chi connectivity index (χ0v) is 38.8. The van der Waals surface area contributed by atoms with E-state index in [1.54, 1.807) is 0 Å². The van der Waals surface area contributed by atoms with E-state index in [0.29, 0.717) is 57.8 Å². The number of hydrogen-bond donors (Lipinski definition) is 0. The van der Waals surface area contributed by atoms with Gasteiger partial charge >= 0.3 is 5.97 Å². The monoisotopic (exact) mass is 869 g/mol. The van der Waals surface area contributed by atoms with Crippen LogP contribution in [0.5, 0.6) is 5.88 Å². The van der Waals surface area contributed by atoms with Crippen LogP contribution in [0.1, 0.15) is 62.4 Å². The van der Waals surface area contributed by atoms with Crippen molar-refractivity contribution in [2.75, 3.05) is 82.2 Å². The summed E-state index contributed by atoms with van der Waals surface area (Å²) < 4.78 is 33.2. The van der Waals surface area contributed by atoms with Gasteiger partial charge in [0, 0.05) is 82.9 Å². The second kappa shape index (κ2) is 18.8. The molecule has 0 N–H and O–H groups in total. The summed E-state index contributed by atoms with van der Waals surface area (Å²) in [7, 11) is -1.20. The lowest BCUT2D eigenvalue weighted by Crippen LogP contribution is -2.56. The first kappa shape index (κ1) is 43.7. The molecule has 13 heteroatoms. The van der Waals surface area contributed by atoms with Crippen LogP contribution in [-0.4, -0.2) is 113 Å². The third kappa shape index (κ3) is 10.3. The van der Waals surface area contributed by atoms with E-state index in [1.165, 1.54) is 16.7 Å². The fourth-order valence-electron chi connectivity index (χ4n) is 9.21. The molecule has 0 bridgehead atoms. The van der Waals surface area contributed by atoms with E-state index < -0.39 is 8.07 Å². The molecule has 0 saturated carbocycles. The Bertz CT molecular complexity index is 2200. The predicted octanol–water partition coefficient (Wildman–Crippen LogP) is 9.67. The number of hydrogen-bond acceptors (Lipinski definition) is 10. The third-order valence-corrected chi connectivity index (χ3v) is 14.5. The van der Waals surface area contributed by atoms with Gasteiger partial charge in [-0.2, -0.15) is 4.98 Å². The van der Waals surface area contributed by atoms with E-state index in [0.717, 1.165) is 97.6 Å². The van der Waals surface area contributed by atoms with Crippen molar-refractivity contribution >= 4 is 59.3 Å². The molecule has 0 amide bonds. The first-order valence-corrected chi connectivity index (χ1v) is 26.4. The van der Waals surface area contributed by atoms with Crippen LogP contribution >= 0.6 is 11.6 Å². The number of allylic oxidation sites excluding steroid dienone is 1. The molecule has 2 atom stereocenters. The SMILES string of the molecule is CCOC(=O)c1ccc(N2CCN3CC4=C(c5ccc(Cl)cc5)CC(C)(C)C[C@H]4OCCCOC[C@@H]3C2)cc1N1CCCOc2nc3c(ccn3COCC[Si](C)(C)C)cc21. The quantitative estimate of drug-likeness (QED) is 0.0872. The smallest absolute Gasteiger partial charge is 0.340 e. The molecule has 328 valence electrons. The summed E-state index contributed by atoms with van der Waals surface area (Å²) in [6, 6.07) is 20.0. The van der Waals surface area contributed by atoms with E-state index in [9.17, 15) is 4.79 Å². The molecule has 0 radical (unpaired) electrons. The Morgan fingerprint density at radius 3 is 2.62 bits per heavy atom. The van der Waals surface area contributed by atoms with Gasteiger partial charge in [0.05, 0.1) is 43.2 Å². The van der Waals surface area contributed by atoms with E-state index >= 15 is 0 Å². The molecule has 0 spiro atoms. The van der Waals surface area contributed by atoms with Crippen molar-refractivity contribution in [3.63, 3.8) is 0 Å². The van der Waals surface area contributed by atoms with Crippen molar-refractivity contribution in [2.24, 2.45) is 5.41 Å².